The van der Waals surface area contributed by atoms with Crippen molar-refractivity contribution in [2.45, 2.75) is 75.8 Å². The zero-order valence-electron chi connectivity index (χ0n) is 28.8. The molecule has 1 aromatic rings. The second-order valence-electron chi connectivity index (χ2n) is 11.9. The Morgan fingerprint density at radius 1 is 0.771 bits per heavy atom. The third-order valence-corrected chi connectivity index (χ3v) is 21.0. The maximum atomic E-state index is 13.1. The maximum Gasteiger partial charge on any atom is 0.499 e. The first-order valence-electron chi connectivity index (χ1n) is 14.1. The smallest absolute Gasteiger partial charge is 0.456 e. The lowest BCUT2D eigenvalue weighted by atomic mass is 10.3. The fourth-order valence-corrected chi connectivity index (χ4v) is 21.7. The number of hydrogen-bond acceptors (Lipinski definition) is 6. The molecule has 0 atom stereocenters. The molecule has 0 aromatic heterocycles. The van der Waals surface area contributed by atoms with Crippen LogP contribution in [0.4, 0.5) is 58.9 Å². The standard InChI is InChI=1S/C21H42FNO5Si4.C2H2F4O.C2H2F4.CH2F2/c1-23(21(22)24)19-12-11-13-20(18-19)29(5,6)14-15-30(7,8)28-31(9,10)16-17-32(25-2,26-3)27-4;3-2(4,5)1-7-6;3-1-2(4,5)6;2-1-3/h11-13,18H,14-17H2,1-10H3;1H2;1H2;1H2. The number of amides is 1. The van der Waals surface area contributed by atoms with E-state index in [1.165, 1.54) is 12.2 Å². The highest BCUT2D eigenvalue weighted by Gasteiger charge is 2.42. The van der Waals surface area contributed by atoms with Gasteiger partial charge < -0.3 is 17.4 Å². The van der Waals surface area contributed by atoms with Crippen molar-refractivity contribution in [1.29, 1.82) is 0 Å². The van der Waals surface area contributed by atoms with Crippen LogP contribution in [0.1, 0.15) is 0 Å². The van der Waals surface area contributed by atoms with Crippen LogP contribution in [0, 0.1) is 0 Å². The van der Waals surface area contributed by atoms with Crippen LogP contribution in [-0.4, -0.2) is 101 Å². The molecule has 0 unspecified atom stereocenters. The van der Waals surface area contributed by atoms with Crippen molar-refractivity contribution in [1.82, 2.24) is 0 Å². The summed E-state index contributed by atoms with van der Waals surface area (Å²) in [4.78, 5) is 14.4. The van der Waals surface area contributed by atoms with Crippen LogP contribution in [0.3, 0.4) is 0 Å². The van der Waals surface area contributed by atoms with Gasteiger partial charge in [0.05, 0.1) is 8.07 Å². The van der Waals surface area contributed by atoms with Crippen LogP contribution in [0.15, 0.2) is 24.3 Å². The average molecular weight is 792 g/mol. The fourth-order valence-electron chi connectivity index (χ4n) is 3.92. The van der Waals surface area contributed by atoms with Crippen LogP contribution >= 0.6 is 0 Å². The van der Waals surface area contributed by atoms with E-state index in [0.29, 0.717) is 5.69 Å². The molecule has 22 heteroatoms. The Morgan fingerprint density at radius 3 is 1.50 bits per heavy atom. The van der Waals surface area contributed by atoms with Gasteiger partial charge in [-0.15, -0.1) is 4.39 Å². The minimum atomic E-state index is -4.62. The molecular formula is C26H48F11NO6Si4. The van der Waals surface area contributed by atoms with Crippen molar-refractivity contribution in [2.24, 2.45) is 0 Å². The summed E-state index contributed by atoms with van der Waals surface area (Å²) < 4.78 is 140. The highest BCUT2D eigenvalue weighted by molar-refractivity contribution is 6.92. The van der Waals surface area contributed by atoms with Crippen molar-refractivity contribution in [3.63, 3.8) is 0 Å². The SMILES string of the molecule is CO[Si](CC[Si](C)(C)O[Si](C)(C)CC[Si](C)(C)c1cccc(N(C)C(=O)F)c1)(OC)OC.FCC(F)(F)F.FCF.FOCC(F)(F)F. The summed E-state index contributed by atoms with van der Waals surface area (Å²) in [5, 5.41) is 1.22. The maximum absolute atomic E-state index is 13.1. The molecule has 0 saturated heterocycles. The van der Waals surface area contributed by atoms with Crippen molar-refractivity contribution >= 4 is 50.5 Å². The van der Waals surface area contributed by atoms with Gasteiger partial charge >= 0.3 is 27.3 Å². The zero-order chi connectivity index (χ0) is 38.6. The normalized spacial score (nSPS) is 12.5. The van der Waals surface area contributed by atoms with E-state index in [9.17, 15) is 53.2 Å². The first-order chi connectivity index (χ1) is 21.7. The molecule has 0 fully saturated rings. The van der Waals surface area contributed by atoms with Crippen molar-refractivity contribution in [2.75, 3.05) is 53.5 Å². The Bertz CT molecular complexity index is 1010. The third-order valence-electron chi connectivity index (χ3n) is 6.52. The molecule has 0 saturated carbocycles. The van der Waals surface area contributed by atoms with Crippen molar-refractivity contribution in [3.05, 3.63) is 24.3 Å². The number of nitrogens with zero attached hydrogens (tertiary/aromatic N) is 1. The van der Waals surface area contributed by atoms with Gasteiger partial charge in [0, 0.05) is 40.1 Å². The largest absolute Gasteiger partial charge is 0.499 e. The first kappa shape index (κ1) is 51.0. The van der Waals surface area contributed by atoms with Gasteiger partial charge in [0.1, 0.15) is 0 Å². The van der Waals surface area contributed by atoms with Crippen LogP contribution in [0.25, 0.3) is 0 Å². The Balaban J connectivity index is -0.00000104. The molecule has 0 aliphatic heterocycles. The van der Waals surface area contributed by atoms with Gasteiger partial charge in [0.25, 0.3) is 0 Å². The molecule has 7 nitrogen and oxygen atoms in total. The molecule has 0 aliphatic rings. The lowest BCUT2D eigenvalue weighted by molar-refractivity contribution is -0.245. The molecular weight excluding hydrogens is 744 g/mol. The number of rotatable bonds is 14. The number of carbonyl (C=O) groups is 1. The van der Waals surface area contributed by atoms with E-state index in [2.05, 4.69) is 50.3 Å². The highest BCUT2D eigenvalue weighted by Crippen LogP contribution is 2.29. The Kier molecular flexibility index (Phi) is 24.6. The highest BCUT2D eigenvalue weighted by atomic mass is 28.4. The molecule has 48 heavy (non-hydrogen) atoms. The Labute approximate surface area is 279 Å². The van der Waals surface area contributed by atoms with Gasteiger partial charge in [-0.25, -0.2) is 18.0 Å². The predicted molar refractivity (Wildman–Crippen MR) is 173 cm³/mol. The monoisotopic (exact) mass is 791 g/mol. The van der Waals surface area contributed by atoms with E-state index in [1.54, 1.807) is 27.4 Å². The molecule has 0 spiro atoms. The van der Waals surface area contributed by atoms with Crippen LogP contribution in [0.2, 0.25) is 63.5 Å². The molecule has 1 aromatic carbocycles. The molecule has 0 radical (unpaired) electrons. The van der Waals surface area contributed by atoms with E-state index < -0.39 is 72.2 Å². The second kappa shape index (κ2) is 23.1. The Hall–Kier alpha value is -1.41. The van der Waals surface area contributed by atoms with E-state index in [4.69, 9.17) is 17.4 Å². The fraction of sp³-hybridized carbons (Fsp3) is 0.731. The van der Waals surface area contributed by atoms with Gasteiger partial charge in [0.2, 0.25) is 6.93 Å². The topological polar surface area (TPSA) is 66.5 Å². The predicted octanol–water partition coefficient (Wildman–Crippen LogP) is 9.28. The summed E-state index contributed by atoms with van der Waals surface area (Å²) in [5.74, 6) is 0. The summed E-state index contributed by atoms with van der Waals surface area (Å²) in [7, 11) is -1.80. The average Bonchev–Trinajstić information content (AvgIpc) is 2.96. The number of halogens is 11. The Morgan fingerprint density at radius 2 is 1.19 bits per heavy atom. The zero-order valence-corrected chi connectivity index (χ0v) is 32.8. The summed E-state index contributed by atoms with van der Waals surface area (Å²) in [6, 6.07) is 11.6. The summed E-state index contributed by atoms with van der Waals surface area (Å²) >= 11 is 0. The molecule has 0 N–H and O–H groups in total. The third kappa shape index (κ3) is 24.7. The summed E-state index contributed by atoms with van der Waals surface area (Å²) in [6.07, 6.45) is -10.6. The number of carbonyl (C=O) groups excluding carboxylic acids is 1. The van der Waals surface area contributed by atoms with Gasteiger partial charge in [-0.1, -0.05) is 36.5 Å². The molecule has 0 aliphatic carbocycles. The molecule has 1 amide bonds. The number of alkyl halides is 9. The van der Waals surface area contributed by atoms with E-state index in [-0.39, 0.29) is 0 Å². The van der Waals surface area contributed by atoms with E-state index in [1.807, 2.05) is 12.1 Å². The van der Waals surface area contributed by atoms with Gasteiger partial charge in [0.15, 0.2) is 29.9 Å². The number of hydrogen-bond donors (Lipinski definition) is 0. The van der Waals surface area contributed by atoms with Gasteiger partial charge in [-0.05, 0) is 54.9 Å². The lowest BCUT2D eigenvalue weighted by Gasteiger charge is -2.37. The van der Waals surface area contributed by atoms with Crippen LogP contribution < -0.4 is 10.1 Å². The van der Waals surface area contributed by atoms with Crippen molar-refractivity contribution < 1.29 is 75.6 Å². The molecule has 1 rings (SSSR count). The number of benzene rings is 1. The van der Waals surface area contributed by atoms with Crippen LogP contribution in [-0.2, 0) is 22.3 Å². The quantitative estimate of drug-likeness (QED) is 0.0811. The summed E-state index contributed by atoms with van der Waals surface area (Å²) in [6.45, 7) is 7.96. The second-order valence-corrected chi connectivity index (χ2v) is 28.7. The molecule has 0 heterocycles. The van der Waals surface area contributed by atoms with Gasteiger partial charge in [-0.3, -0.25) is 4.90 Å². The van der Waals surface area contributed by atoms with Crippen molar-refractivity contribution in [3.8, 4) is 0 Å². The number of anilines is 1. The minimum absolute atomic E-state index is 0.596. The summed E-state index contributed by atoms with van der Waals surface area (Å²) in [5.41, 5.74) is 0.596. The van der Waals surface area contributed by atoms with E-state index in [0.717, 1.165) is 29.1 Å². The van der Waals surface area contributed by atoms with E-state index >= 15 is 0 Å². The molecule has 0 bridgehead atoms. The van der Waals surface area contributed by atoms with Gasteiger partial charge in [-0.2, -0.15) is 31.3 Å². The van der Waals surface area contributed by atoms with Crippen LogP contribution in [0.5, 0.6) is 0 Å². The molecule has 286 valence electrons. The minimum Gasteiger partial charge on any atom is -0.456 e. The first-order valence-corrected chi connectivity index (χ1v) is 25.5. The lowest BCUT2D eigenvalue weighted by Crippen LogP contribution is -2.49.